The topological polar surface area (TPSA) is 111 Å². The molecule has 2 aromatic carbocycles. The number of benzene rings is 2. The molecule has 0 saturated carbocycles. The van der Waals surface area contributed by atoms with Crippen molar-refractivity contribution >= 4 is 27.5 Å². The van der Waals surface area contributed by atoms with E-state index < -0.39 is 27.9 Å². The first-order valence-electron chi connectivity index (χ1n) is 10.0. The van der Waals surface area contributed by atoms with Crippen LogP contribution in [0.15, 0.2) is 41.3 Å². The van der Waals surface area contributed by atoms with Gasteiger partial charge in [0.25, 0.3) is 0 Å². The smallest absolute Gasteiger partial charge is 0.241 e. The van der Waals surface area contributed by atoms with Crippen LogP contribution in [-0.4, -0.2) is 41.6 Å². The Hall–Kier alpha value is -3.11. The van der Waals surface area contributed by atoms with Crippen LogP contribution in [0.1, 0.15) is 37.8 Å². The summed E-state index contributed by atoms with van der Waals surface area (Å²) in [6, 6.07) is 8.73. The molecule has 1 aliphatic heterocycles. The van der Waals surface area contributed by atoms with E-state index in [0.29, 0.717) is 23.5 Å². The number of nitrogens with one attached hydrogen (secondary N) is 1. The molecule has 10 heteroatoms. The van der Waals surface area contributed by atoms with Crippen LogP contribution in [0, 0.1) is 0 Å². The first kappa shape index (κ1) is 23.6. The molecule has 1 N–H and O–H groups in total. The van der Waals surface area contributed by atoms with E-state index in [1.165, 1.54) is 39.5 Å². The highest BCUT2D eigenvalue weighted by molar-refractivity contribution is 7.89. The molecule has 1 atom stereocenters. The van der Waals surface area contributed by atoms with Gasteiger partial charge in [0, 0.05) is 18.9 Å². The Morgan fingerprint density at radius 2 is 1.50 bits per heavy atom. The Labute approximate surface area is 187 Å². The lowest BCUT2D eigenvalue weighted by Gasteiger charge is -2.21. The van der Waals surface area contributed by atoms with E-state index in [1.54, 1.807) is 18.2 Å². The van der Waals surface area contributed by atoms with E-state index >= 15 is 0 Å². The number of carbonyl (C=O) groups excluding carboxylic acids is 2. The lowest BCUT2D eigenvalue weighted by molar-refractivity contribution is -0.121. The fourth-order valence-electron chi connectivity index (χ4n) is 3.57. The molecule has 3 rings (SSSR count). The highest BCUT2D eigenvalue weighted by atomic mass is 32.2. The molecule has 32 heavy (non-hydrogen) atoms. The molecule has 2 amide bonds. The maximum absolute atomic E-state index is 13.2. The SMILES string of the molecule is CCC(NS(=O)(=O)c1ccc(OC)c(N2C(=O)CCC2=O)c1)c1ccc(OC)c(OC)c1. The molecule has 0 radical (unpaired) electrons. The Morgan fingerprint density at radius 3 is 2.06 bits per heavy atom. The predicted molar refractivity (Wildman–Crippen MR) is 118 cm³/mol. The summed E-state index contributed by atoms with van der Waals surface area (Å²) in [5.74, 6) is 0.466. The van der Waals surface area contributed by atoms with Crippen LogP contribution >= 0.6 is 0 Å². The maximum atomic E-state index is 13.2. The minimum atomic E-state index is -3.99. The first-order chi connectivity index (χ1) is 15.2. The highest BCUT2D eigenvalue weighted by Crippen LogP contribution is 2.35. The fourth-order valence-corrected chi connectivity index (χ4v) is 4.90. The van der Waals surface area contributed by atoms with E-state index in [-0.39, 0.29) is 29.2 Å². The van der Waals surface area contributed by atoms with E-state index in [4.69, 9.17) is 14.2 Å². The average Bonchev–Trinajstić information content (AvgIpc) is 3.14. The quantitative estimate of drug-likeness (QED) is 0.571. The van der Waals surface area contributed by atoms with Crippen molar-refractivity contribution in [2.75, 3.05) is 26.2 Å². The van der Waals surface area contributed by atoms with Crippen LogP contribution in [0.2, 0.25) is 0 Å². The molecule has 1 unspecified atom stereocenters. The highest BCUT2D eigenvalue weighted by Gasteiger charge is 2.33. The lowest BCUT2D eigenvalue weighted by atomic mass is 10.1. The number of carbonyl (C=O) groups is 2. The largest absolute Gasteiger partial charge is 0.495 e. The van der Waals surface area contributed by atoms with Crippen molar-refractivity contribution in [1.29, 1.82) is 0 Å². The molecule has 0 aliphatic carbocycles. The predicted octanol–water partition coefficient (Wildman–Crippen LogP) is 2.80. The van der Waals surface area contributed by atoms with Crippen molar-refractivity contribution < 1.29 is 32.2 Å². The second-order valence-electron chi connectivity index (χ2n) is 7.15. The van der Waals surface area contributed by atoms with Gasteiger partial charge in [-0.2, -0.15) is 0 Å². The van der Waals surface area contributed by atoms with Crippen LogP contribution in [0.3, 0.4) is 0 Å². The monoisotopic (exact) mass is 462 g/mol. The van der Waals surface area contributed by atoms with Crippen molar-refractivity contribution in [2.24, 2.45) is 0 Å². The van der Waals surface area contributed by atoms with Crippen molar-refractivity contribution in [3.8, 4) is 17.2 Å². The van der Waals surface area contributed by atoms with Gasteiger partial charge in [0.2, 0.25) is 21.8 Å². The summed E-state index contributed by atoms with van der Waals surface area (Å²) < 4.78 is 44.9. The van der Waals surface area contributed by atoms with E-state index in [2.05, 4.69) is 4.72 Å². The summed E-state index contributed by atoms with van der Waals surface area (Å²) >= 11 is 0. The summed E-state index contributed by atoms with van der Waals surface area (Å²) in [6.07, 6.45) is 0.629. The van der Waals surface area contributed by atoms with Gasteiger partial charge in [-0.25, -0.2) is 18.0 Å². The standard InChI is InChI=1S/C22H26N2O7S/c1-5-16(14-6-8-19(30-3)20(12-14)31-4)23-32(27,28)15-7-9-18(29-2)17(13-15)24-21(25)10-11-22(24)26/h6-9,12-13,16,23H,5,10-11H2,1-4H3. The molecule has 1 saturated heterocycles. The van der Waals surface area contributed by atoms with Gasteiger partial charge in [-0.05, 0) is 42.3 Å². The number of rotatable bonds is 9. The van der Waals surface area contributed by atoms with Crippen LogP contribution in [0.4, 0.5) is 5.69 Å². The zero-order valence-electron chi connectivity index (χ0n) is 18.4. The van der Waals surface area contributed by atoms with Gasteiger partial charge in [0.1, 0.15) is 5.75 Å². The zero-order valence-corrected chi connectivity index (χ0v) is 19.2. The van der Waals surface area contributed by atoms with Gasteiger partial charge < -0.3 is 14.2 Å². The van der Waals surface area contributed by atoms with Crippen LogP contribution < -0.4 is 23.8 Å². The van der Waals surface area contributed by atoms with Gasteiger partial charge in [0.05, 0.1) is 31.9 Å². The van der Waals surface area contributed by atoms with Crippen molar-refractivity contribution in [3.63, 3.8) is 0 Å². The number of imide groups is 1. The molecule has 172 valence electrons. The molecule has 0 aromatic heterocycles. The van der Waals surface area contributed by atoms with Crippen molar-refractivity contribution in [1.82, 2.24) is 4.72 Å². The number of nitrogens with zero attached hydrogens (tertiary/aromatic N) is 1. The molecule has 0 spiro atoms. The molecule has 1 heterocycles. The Balaban J connectivity index is 1.96. The van der Waals surface area contributed by atoms with Crippen LogP contribution in [-0.2, 0) is 19.6 Å². The van der Waals surface area contributed by atoms with Crippen LogP contribution in [0.25, 0.3) is 0 Å². The number of hydrogen-bond donors (Lipinski definition) is 1. The normalized spacial score (nSPS) is 15.1. The third-order valence-electron chi connectivity index (χ3n) is 5.27. The molecule has 1 aliphatic rings. The number of hydrogen-bond acceptors (Lipinski definition) is 7. The minimum absolute atomic E-state index is 0.0778. The fraction of sp³-hybridized carbons (Fsp3) is 0.364. The molecule has 0 bridgehead atoms. The van der Waals surface area contributed by atoms with Crippen molar-refractivity contribution in [2.45, 2.75) is 37.1 Å². The number of anilines is 1. The summed E-state index contributed by atoms with van der Waals surface area (Å²) in [4.78, 5) is 25.3. The van der Waals surface area contributed by atoms with E-state index in [9.17, 15) is 18.0 Å². The van der Waals surface area contributed by atoms with E-state index in [0.717, 1.165) is 4.90 Å². The third-order valence-corrected chi connectivity index (χ3v) is 6.74. The number of sulfonamides is 1. The number of methoxy groups -OCH3 is 3. The molecular formula is C22H26N2O7S. The lowest BCUT2D eigenvalue weighted by Crippen LogP contribution is -2.31. The van der Waals surface area contributed by atoms with Gasteiger partial charge in [-0.15, -0.1) is 0 Å². The minimum Gasteiger partial charge on any atom is -0.495 e. The second-order valence-corrected chi connectivity index (χ2v) is 8.87. The van der Waals surface area contributed by atoms with Gasteiger partial charge in [0.15, 0.2) is 11.5 Å². The van der Waals surface area contributed by atoms with Gasteiger partial charge in [-0.1, -0.05) is 13.0 Å². The molecule has 1 fully saturated rings. The second kappa shape index (κ2) is 9.58. The third kappa shape index (κ3) is 4.56. The average molecular weight is 463 g/mol. The van der Waals surface area contributed by atoms with Crippen LogP contribution in [0.5, 0.6) is 17.2 Å². The molecule has 9 nitrogen and oxygen atoms in total. The number of amides is 2. The number of ether oxygens (including phenoxy) is 3. The summed E-state index contributed by atoms with van der Waals surface area (Å²) in [6.45, 7) is 1.85. The Bertz CT molecular complexity index is 1120. The Morgan fingerprint density at radius 1 is 0.906 bits per heavy atom. The van der Waals surface area contributed by atoms with Crippen molar-refractivity contribution in [3.05, 3.63) is 42.0 Å². The van der Waals surface area contributed by atoms with E-state index in [1.807, 2.05) is 6.92 Å². The summed E-state index contributed by atoms with van der Waals surface area (Å²) in [7, 11) is 0.424. The maximum Gasteiger partial charge on any atom is 0.241 e. The summed E-state index contributed by atoms with van der Waals surface area (Å²) in [5, 5.41) is 0. The molecule has 2 aromatic rings. The molecular weight excluding hydrogens is 436 g/mol. The van der Waals surface area contributed by atoms with Gasteiger partial charge in [-0.3, -0.25) is 9.59 Å². The zero-order chi connectivity index (χ0) is 23.5. The van der Waals surface area contributed by atoms with Gasteiger partial charge >= 0.3 is 0 Å². The first-order valence-corrected chi connectivity index (χ1v) is 11.5. The summed E-state index contributed by atoms with van der Waals surface area (Å²) in [5.41, 5.74) is 0.814. The Kier molecular flexibility index (Phi) is 7.05.